The first-order valence-corrected chi connectivity index (χ1v) is 24.6. The van der Waals surface area contributed by atoms with Gasteiger partial charge in [-0.05, 0) is 57.8 Å². The van der Waals surface area contributed by atoms with Gasteiger partial charge in [0.15, 0.2) is 6.10 Å². The number of rotatable bonds is 42. The van der Waals surface area contributed by atoms with Gasteiger partial charge in [-0.3, -0.25) is 18.6 Å². The second-order valence-electron chi connectivity index (χ2n) is 16.8. The van der Waals surface area contributed by atoms with Crippen molar-refractivity contribution < 1.29 is 42.1 Å². The summed E-state index contributed by atoms with van der Waals surface area (Å²) >= 11 is 0. The quantitative estimate of drug-likeness (QED) is 0.0213. The minimum absolute atomic E-state index is 0.0276. The first kappa shape index (κ1) is 54.5. The summed E-state index contributed by atoms with van der Waals surface area (Å²) in [6.07, 6.45) is 42.3. The van der Waals surface area contributed by atoms with Crippen molar-refractivity contribution in [3.63, 3.8) is 0 Å². The predicted molar refractivity (Wildman–Crippen MR) is 234 cm³/mol. The van der Waals surface area contributed by atoms with Crippen LogP contribution in [0.1, 0.15) is 206 Å². The van der Waals surface area contributed by atoms with E-state index in [2.05, 4.69) is 38.2 Å². The van der Waals surface area contributed by atoms with Gasteiger partial charge in [0.2, 0.25) is 0 Å². The smallest absolute Gasteiger partial charge is 0.462 e. The van der Waals surface area contributed by atoms with E-state index in [-0.39, 0.29) is 32.0 Å². The molecule has 0 aromatic rings. The van der Waals surface area contributed by atoms with Crippen LogP contribution in [0, 0.1) is 0 Å². The lowest BCUT2D eigenvalue weighted by molar-refractivity contribution is -0.870. The summed E-state index contributed by atoms with van der Waals surface area (Å²) in [5.41, 5.74) is 0. The van der Waals surface area contributed by atoms with Crippen LogP contribution in [0.2, 0.25) is 0 Å². The second kappa shape index (κ2) is 39.0. The van der Waals surface area contributed by atoms with E-state index in [0.29, 0.717) is 17.4 Å². The van der Waals surface area contributed by atoms with E-state index in [0.717, 1.165) is 44.9 Å². The van der Waals surface area contributed by atoms with E-state index >= 15 is 0 Å². The average Bonchev–Trinajstić information content (AvgIpc) is 3.15. The van der Waals surface area contributed by atoms with Crippen molar-refractivity contribution in [3.8, 4) is 0 Å². The molecule has 0 saturated heterocycles. The van der Waals surface area contributed by atoms with Gasteiger partial charge >= 0.3 is 19.8 Å². The zero-order valence-corrected chi connectivity index (χ0v) is 38.0. The van der Waals surface area contributed by atoms with Crippen LogP contribution in [0.5, 0.6) is 0 Å². The first-order chi connectivity index (χ1) is 27.0. The molecule has 0 saturated carbocycles. The Bertz CT molecular complexity index is 1010. The standard InChI is InChI=1S/C46H88NO8P/c1-6-8-10-12-14-16-18-20-22-23-25-27-29-31-33-35-37-39-46(49)55-44(43-54-56(50,51)53-41-40-47(3,4)5)42-52-45(48)38-36-34-32-30-28-26-24-21-19-17-15-13-11-9-7-2/h20,22,31,33,44H,6-19,21,23-30,32,34-43H2,1-5H3/p+1/b22-20-,33-31-/t44-/m1/s1. The lowest BCUT2D eigenvalue weighted by Crippen LogP contribution is -2.37. The summed E-state index contributed by atoms with van der Waals surface area (Å²) in [6.45, 7) is 4.40. The van der Waals surface area contributed by atoms with Crippen LogP contribution in [-0.4, -0.2) is 74.9 Å². The van der Waals surface area contributed by atoms with Crippen molar-refractivity contribution in [2.24, 2.45) is 0 Å². The van der Waals surface area contributed by atoms with Crippen LogP contribution in [0.3, 0.4) is 0 Å². The summed E-state index contributed by atoms with van der Waals surface area (Å²) in [5.74, 6) is -0.835. The third-order valence-electron chi connectivity index (χ3n) is 9.95. The molecule has 0 spiro atoms. The molecule has 1 N–H and O–H groups in total. The fourth-order valence-electron chi connectivity index (χ4n) is 6.31. The van der Waals surface area contributed by atoms with Gasteiger partial charge in [-0.15, -0.1) is 0 Å². The Morgan fingerprint density at radius 1 is 0.536 bits per heavy atom. The molecule has 0 aliphatic heterocycles. The molecule has 0 aliphatic carbocycles. The molecule has 330 valence electrons. The molecule has 0 aromatic carbocycles. The van der Waals surface area contributed by atoms with Crippen LogP contribution in [-0.2, 0) is 32.7 Å². The van der Waals surface area contributed by atoms with Crippen LogP contribution >= 0.6 is 7.82 Å². The molecule has 0 aliphatic rings. The SMILES string of the molecule is CCCCCCCC/C=C\CCCC/C=C\CCCC(=O)O[C@H](COC(=O)CCCCCCCCCCCCCCCCC)COP(=O)(O)OCC[N+](C)(C)C. The van der Waals surface area contributed by atoms with Gasteiger partial charge in [-0.1, -0.05) is 160 Å². The number of carbonyl (C=O) groups is 2. The lowest BCUT2D eigenvalue weighted by atomic mass is 10.0. The number of unbranched alkanes of at least 4 members (excludes halogenated alkanes) is 24. The van der Waals surface area contributed by atoms with Crippen LogP contribution in [0.4, 0.5) is 0 Å². The van der Waals surface area contributed by atoms with E-state index in [1.807, 2.05) is 21.1 Å². The first-order valence-electron chi connectivity index (χ1n) is 23.1. The number of allylic oxidation sites excluding steroid dienone is 4. The molecule has 9 nitrogen and oxygen atoms in total. The van der Waals surface area contributed by atoms with Gasteiger partial charge in [-0.25, -0.2) is 4.57 Å². The van der Waals surface area contributed by atoms with Crippen molar-refractivity contribution in [1.82, 2.24) is 0 Å². The molecular weight excluding hydrogens is 725 g/mol. The fourth-order valence-corrected chi connectivity index (χ4v) is 7.05. The normalized spacial score (nSPS) is 13.8. The minimum atomic E-state index is -4.38. The number of phosphoric acid groups is 1. The molecule has 10 heteroatoms. The highest BCUT2D eigenvalue weighted by Crippen LogP contribution is 2.43. The van der Waals surface area contributed by atoms with E-state index in [4.69, 9.17) is 18.5 Å². The molecule has 0 bridgehead atoms. The molecular formula is C46H89NO8P+. The Morgan fingerprint density at radius 2 is 0.929 bits per heavy atom. The number of ether oxygens (including phenoxy) is 2. The van der Waals surface area contributed by atoms with Gasteiger partial charge < -0.3 is 18.9 Å². The number of carbonyl (C=O) groups excluding carboxylic acids is 2. The second-order valence-corrected chi connectivity index (χ2v) is 18.2. The molecule has 0 amide bonds. The van der Waals surface area contributed by atoms with Crippen LogP contribution in [0.15, 0.2) is 24.3 Å². The van der Waals surface area contributed by atoms with E-state index < -0.39 is 26.5 Å². The number of likely N-dealkylation sites (N-methyl/N-ethyl adjacent to an activating group) is 1. The van der Waals surface area contributed by atoms with Gasteiger partial charge in [-0.2, -0.15) is 0 Å². The highest BCUT2D eigenvalue weighted by Gasteiger charge is 2.27. The van der Waals surface area contributed by atoms with Crippen molar-refractivity contribution in [2.75, 3.05) is 47.5 Å². The highest BCUT2D eigenvalue weighted by atomic mass is 31.2. The Balaban J connectivity index is 4.36. The Labute approximate surface area is 345 Å². The Hall–Kier alpha value is -1.51. The third-order valence-corrected chi connectivity index (χ3v) is 10.9. The fraction of sp³-hybridized carbons (Fsp3) is 0.870. The molecule has 2 atom stereocenters. The van der Waals surface area contributed by atoms with E-state index in [9.17, 15) is 19.0 Å². The monoisotopic (exact) mass is 815 g/mol. The van der Waals surface area contributed by atoms with Gasteiger partial charge in [0.05, 0.1) is 27.7 Å². The number of hydrogen-bond donors (Lipinski definition) is 1. The van der Waals surface area contributed by atoms with Crippen molar-refractivity contribution >= 4 is 19.8 Å². The largest absolute Gasteiger partial charge is 0.472 e. The summed E-state index contributed by atoms with van der Waals surface area (Å²) in [6, 6.07) is 0. The summed E-state index contributed by atoms with van der Waals surface area (Å²) < 4.78 is 34.3. The summed E-state index contributed by atoms with van der Waals surface area (Å²) in [4.78, 5) is 35.4. The molecule has 0 aromatic heterocycles. The molecule has 56 heavy (non-hydrogen) atoms. The van der Waals surface area contributed by atoms with Crippen molar-refractivity contribution in [2.45, 2.75) is 213 Å². The summed E-state index contributed by atoms with van der Waals surface area (Å²) in [5, 5.41) is 0. The van der Waals surface area contributed by atoms with Crippen LogP contribution < -0.4 is 0 Å². The maximum atomic E-state index is 12.7. The van der Waals surface area contributed by atoms with Crippen molar-refractivity contribution in [3.05, 3.63) is 24.3 Å². The average molecular weight is 815 g/mol. The molecule has 1 unspecified atom stereocenters. The predicted octanol–water partition coefficient (Wildman–Crippen LogP) is 13.1. The van der Waals surface area contributed by atoms with Gasteiger partial charge in [0, 0.05) is 12.8 Å². The highest BCUT2D eigenvalue weighted by molar-refractivity contribution is 7.47. The number of esters is 2. The van der Waals surface area contributed by atoms with Gasteiger partial charge in [0.25, 0.3) is 0 Å². The lowest BCUT2D eigenvalue weighted by Gasteiger charge is -2.24. The molecule has 0 rings (SSSR count). The van der Waals surface area contributed by atoms with E-state index in [1.54, 1.807) is 0 Å². The topological polar surface area (TPSA) is 108 Å². The number of quaternary nitrogens is 1. The van der Waals surface area contributed by atoms with Gasteiger partial charge in [0.1, 0.15) is 19.8 Å². The summed E-state index contributed by atoms with van der Waals surface area (Å²) in [7, 11) is 1.46. The van der Waals surface area contributed by atoms with Crippen molar-refractivity contribution in [1.29, 1.82) is 0 Å². The van der Waals surface area contributed by atoms with Crippen LogP contribution in [0.25, 0.3) is 0 Å². The molecule has 0 radical (unpaired) electrons. The third kappa shape index (κ3) is 42.1. The maximum absolute atomic E-state index is 12.7. The minimum Gasteiger partial charge on any atom is -0.462 e. The number of hydrogen-bond acceptors (Lipinski definition) is 7. The zero-order chi connectivity index (χ0) is 41.4. The number of nitrogens with zero attached hydrogens (tertiary/aromatic N) is 1. The zero-order valence-electron chi connectivity index (χ0n) is 37.1. The number of phosphoric ester groups is 1. The Kier molecular flexibility index (Phi) is 37.9. The Morgan fingerprint density at radius 3 is 1.39 bits per heavy atom. The molecule has 0 fully saturated rings. The molecule has 0 heterocycles. The maximum Gasteiger partial charge on any atom is 0.472 e. The van der Waals surface area contributed by atoms with E-state index in [1.165, 1.54) is 128 Å².